The van der Waals surface area contributed by atoms with Crippen LogP contribution in [0.1, 0.15) is 66.2 Å². The second kappa shape index (κ2) is 11.3. The standard InChI is InChI=1S/C15H32O3Si/c1-5-9-10-11-12-13-14-17-15(16)18-19(6-2,7-3)8-4/h5-14H2,1-4H3. The molecule has 3 nitrogen and oxygen atoms in total. The number of ether oxygens (including phenoxy) is 1. The fraction of sp³-hybridized carbons (Fsp3) is 0.933. The first-order valence-corrected chi connectivity index (χ1v) is 10.5. The van der Waals surface area contributed by atoms with Gasteiger partial charge in [0.05, 0.1) is 6.61 Å². The van der Waals surface area contributed by atoms with Crippen molar-refractivity contribution in [2.75, 3.05) is 6.61 Å². The molecule has 0 atom stereocenters. The van der Waals surface area contributed by atoms with Gasteiger partial charge in [-0.15, -0.1) is 0 Å². The summed E-state index contributed by atoms with van der Waals surface area (Å²) in [5, 5.41) is 0. The number of unbranched alkanes of at least 4 members (excludes halogenated alkanes) is 5. The summed E-state index contributed by atoms with van der Waals surface area (Å²) in [5.74, 6) is 0. The number of hydrogen-bond donors (Lipinski definition) is 0. The lowest BCUT2D eigenvalue weighted by molar-refractivity contribution is 0.0938. The SMILES string of the molecule is CCCCCCCCOC(=O)O[Si](CC)(CC)CC. The van der Waals surface area contributed by atoms with Crippen molar-refractivity contribution in [3.8, 4) is 0 Å². The highest BCUT2D eigenvalue weighted by atomic mass is 28.4. The average molecular weight is 289 g/mol. The Labute approximate surface area is 120 Å². The molecule has 0 N–H and O–H groups in total. The summed E-state index contributed by atoms with van der Waals surface area (Å²) in [7, 11) is -1.84. The van der Waals surface area contributed by atoms with E-state index in [4.69, 9.17) is 9.16 Å². The monoisotopic (exact) mass is 288 g/mol. The van der Waals surface area contributed by atoms with Crippen molar-refractivity contribution in [3.63, 3.8) is 0 Å². The highest BCUT2D eigenvalue weighted by Gasteiger charge is 2.33. The number of carbonyl (C=O) groups excluding carboxylic acids is 1. The molecule has 0 aliphatic rings. The summed E-state index contributed by atoms with van der Waals surface area (Å²) < 4.78 is 10.8. The van der Waals surface area contributed by atoms with E-state index in [1.165, 1.54) is 25.7 Å². The summed E-state index contributed by atoms with van der Waals surface area (Å²) in [6.45, 7) is 9.05. The molecule has 0 saturated heterocycles. The minimum atomic E-state index is -1.84. The van der Waals surface area contributed by atoms with Crippen LogP contribution in [0.4, 0.5) is 4.79 Å². The predicted octanol–water partition coefficient (Wildman–Crippen LogP) is 5.51. The summed E-state index contributed by atoms with van der Waals surface area (Å²) in [4.78, 5) is 11.7. The van der Waals surface area contributed by atoms with Crippen molar-refractivity contribution in [2.45, 2.75) is 84.4 Å². The predicted molar refractivity (Wildman–Crippen MR) is 83.0 cm³/mol. The van der Waals surface area contributed by atoms with Gasteiger partial charge in [0, 0.05) is 0 Å². The zero-order valence-electron chi connectivity index (χ0n) is 13.3. The molecule has 0 bridgehead atoms. The smallest absolute Gasteiger partial charge is 0.489 e. The second-order valence-corrected chi connectivity index (χ2v) is 9.90. The van der Waals surface area contributed by atoms with Gasteiger partial charge in [-0.2, -0.15) is 0 Å². The third-order valence-electron chi connectivity index (χ3n) is 3.95. The second-order valence-electron chi connectivity index (χ2n) is 5.21. The van der Waals surface area contributed by atoms with Crippen molar-refractivity contribution < 1.29 is 14.0 Å². The first-order valence-electron chi connectivity index (χ1n) is 7.99. The van der Waals surface area contributed by atoms with E-state index >= 15 is 0 Å². The Balaban J connectivity index is 3.69. The summed E-state index contributed by atoms with van der Waals surface area (Å²) >= 11 is 0. The molecule has 0 aromatic heterocycles. The van der Waals surface area contributed by atoms with Gasteiger partial charge in [-0.25, -0.2) is 4.79 Å². The summed E-state index contributed by atoms with van der Waals surface area (Å²) in [5.41, 5.74) is 0. The van der Waals surface area contributed by atoms with E-state index in [2.05, 4.69) is 27.7 Å². The fourth-order valence-corrected chi connectivity index (χ4v) is 4.56. The van der Waals surface area contributed by atoms with Crippen LogP contribution in [0, 0.1) is 0 Å². The molecule has 0 amide bonds. The molecule has 0 saturated carbocycles. The van der Waals surface area contributed by atoms with Gasteiger partial charge in [-0.05, 0) is 24.6 Å². The molecule has 0 unspecified atom stereocenters. The Bertz CT molecular complexity index is 219. The Kier molecular flexibility index (Phi) is 11.0. The average Bonchev–Trinajstić information content (AvgIpc) is 2.44. The van der Waals surface area contributed by atoms with Gasteiger partial charge < -0.3 is 9.16 Å². The van der Waals surface area contributed by atoms with Crippen LogP contribution in [0.15, 0.2) is 0 Å². The van der Waals surface area contributed by atoms with Gasteiger partial charge in [0.25, 0.3) is 8.32 Å². The van der Waals surface area contributed by atoms with Gasteiger partial charge >= 0.3 is 6.16 Å². The maximum absolute atomic E-state index is 11.7. The molecular weight excluding hydrogens is 256 g/mol. The quantitative estimate of drug-likeness (QED) is 0.286. The highest BCUT2D eigenvalue weighted by Crippen LogP contribution is 2.22. The van der Waals surface area contributed by atoms with Gasteiger partial charge in [0.2, 0.25) is 0 Å². The molecule has 0 aromatic carbocycles. The lowest BCUT2D eigenvalue weighted by Gasteiger charge is -2.26. The Morgan fingerprint density at radius 1 is 0.842 bits per heavy atom. The van der Waals surface area contributed by atoms with E-state index in [-0.39, 0.29) is 0 Å². The van der Waals surface area contributed by atoms with Crippen LogP contribution in [-0.2, 0) is 9.16 Å². The largest absolute Gasteiger partial charge is 0.494 e. The summed E-state index contributed by atoms with van der Waals surface area (Å²) in [6, 6.07) is 2.93. The minimum Gasteiger partial charge on any atom is -0.489 e. The topological polar surface area (TPSA) is 35.5 Å². The van der Waals surface area contributed by atoms with Crippen LogP contribution in [0.25, 0.3) is 0 Å². The number of rotatable bonds is 11. The molecule has 19 heavy (non-hydrogen) atoms. The van der Waals surface area contributed by atoms with E-state index in [0.29, 0.717) is 6.61 Å². The van der Waals surface area contributed by atoms with Gasteiger partial charge in [0.15, 0.2) is 0 Å². The first-order chi connectivity index (χ1) is 9.14. The van der Waals surface area contributed by atoms with Crippen LogP contribution < -0.4 is 0 Å². The van der Waals surface area contributed by atoms with Gasteiger partial charge in [0.1, 0.15) is 0 Å². The van der Waals surface area contributed by atoms with Gasteiger partial charge in [-0.3, -0.25) is 0 Å². The van der Waals surface area contributed by atoms with Crippen molar-refractivity contribution in [1.29, 1.82) is 0 Å². The molecule has 0 fully saturated rings. The van der Waals surface area contributed by atoms with Crippen LogP contribution in [0.2, 0.25) is 18.1 Å². The lowest BCUT2D eigenvalue weighted by atomic mass is 10.1. The fourth-order valence-electron chi connectivity index (χ4n) is 2.21. The highest BCUT2D eigenvalue weighted by molar-refractivity contribution is 6.74. The number of hydrogen-bond acceptors (Lipinski definition) is 3. The van der Waals surface area contributed by atoms with Crippen molar-refractivity contribution >= 4 is 14.5 Å². The van der Waals surface area contributed by atoms with E-state index in [1.54, 1.807) is 0 Å². The van der Waals surface area contributed by atoms with E-state index in [9.17, 15) is 4.79 Å². The zero-order chi connectivity index (χ0) is 14.6. The first kappa shape index (κ1) is 18.5. The van der Waals surface area contributed by atoms with Crippen LogP contribution in [-0.4, -0.2) is 21.1 Å². The third kappa shape index (κ3) is 8.29. The molecule has 0 rings (SSSR count). The van der Waals surface area contributed by atoms with Crippen molar-refractivity contribution in [1.82, 2.24) is 0 Å². The molecule has 0 spiro atoms. The van der Waals surface area contributed by atoms with E-state index < -0.39 is 14.5 Å². The normalized spacial score (nSPS) is 11.4. The molecule has 0 aliphatic heterocycles. The van der Waals surface area contributed by atoms with Crippen molar-refractivity contribution in [3.05, 3.63) is 0 Å². The van der Waals surface area contributed by atoms with E-state index in [1.807, 2.05) is 0 Å². The molecule has 4 heteroatoms. The van der Waals surface area contributed by atoms with Gasteiger partial charge in [-0.1, -0.05) is 59.8 Å². The van der Waals surface area contributed by atoms with E-state index in [0.717, 1.165) is 31.0 Å². The molecule has 0 heterocycles. The maximum Gasteiger partial charge on any atom is 0.494 e. The lowest BCUT2D eigenvalue weighted by Crippen LogP contribution is -2.38. The maximum atomic E-state index is 11.7. The Hall–Kier alpha value is -0.513. The molecule has 0 radical (unpaired) electrons. The third-order valence-corrected chi connectivity index (χ3v) is 8.42. The molecule has 0 aromatic rings. The van der Waals surface area contributed by atoms with Crippen LogP contribution >= 0.6 is 0 Å². The zero-order valence-corrected chi connectivity index (χ0v) is 14.3. The minimum absolute atomic E-state index is 0.439. The molecular formula is C15H32O3Si. The van der Waals surface area contributed by atoms with Crippen molar-refractivity contribution in [2.24, 2.45) is 0 Å². The Morgan fingerprint density at radius 3 is 1.89 bits per heavy atom. The molecule has 0 aliphatic carbocycles. The summed E-state index contributed by atoms with van der Waals surface area (Å²) in [6.07, 6.45) is 6.76. The number of carbonyl (C=O) groups is 1. The van der Waals surface area contributed by atoms with Crippen LogP contribution in [0.5, 0.6) is 0 Å². The Morgan fingerprint density at radius 2 is 1.37 bits per heavy atom. The molecule has 114 valence electrons. The van der Waals surface area contributed by atoms with Crippen LogP contribution in [0.3, 0.4) is 0 Å².